The van der Waals surface area contributed by atoms with Crippen molar-refractivity contribution < 1.29 is 19.8 Å². The molecule has 0 aliphatic rings. The lowest BCUT2D eigenvalue weighted by Gasteiger charge is -2.33. The van der Waals surface area contributed by atoms with E-state index in [-0.39, 0.29) is 6.42 Å². The van der Waals surface area contributed by atoms with E-state index in [1.165, 1.54) is 6.92 Å². The van der Waals surface area contributed by atoms with Crippen LogP contribution in [0.4, 0.5) is 0 Å². The van der Waals surface area contributed by atoms with Crippen molar-refractivity contribution in [1.82, 2.24) is 4.90 Å². The molecule has 0 unspecified atom stereocenters. The maximum absolute atomic E-state index is 11.1. The van der Waals surface area contributed by atoms with Crippen LogP contribution in [-0.4, -0.2) is 46.2 Å². The molecule has 0 radical (unpaired) electrons. The van der Waals surface area contributed by atoms with Crippen molar-refractivity contribution in [3.8, 4) is 0 Å². The molecule has 2 N–H and O–H groups in total. The van der Waals surface area contributed by atoms with Crippen LogP contribution in [0.15, 0.2) is 0 Å². The summed E-state index contributed by atoms with van der Waals surface area (Å²) in [6, 6.07) is 0. The Labute approximate surface area is 89.7 Å². The number of carboxylic acid groups (broad SMARTS) is 2. The largest absolute Gasteiger partial charge is 0.481 e. The molecule has 0 bridgehead atoms. The van der Waals surface area contributed by atoms with Gasteiger partial charge in [-0.1, -0.05) is 13.3 Å². The Hall–Kier alpha value is -1.10. The van der Waals surface area contributed by atoms with Gasteiger partial charge in [-0.3, -0.25) is 14.5 Å². The first-order chi connectivity index (χ1) is 6.84. The summed E-state index contributed by atoms with van der Waals surface area (Å²) in [6.07, 6.45) is 1.43. The van der Waals surface area contributed by atoms with E-state index in [4.69, 9.17) is 10.2 Å². The van der Waals surface area contributed by atoms with E-state index < -0.39 is 17.5 Å². The first-order valence-electron chi connectivity index (χ1n) is 5.01. The molecule has 0 rings (SSSR count). The Balaban J connectivity index is 4.61. The predicted octanol–water partition coefficient (Wildman–Crippen LogP) is 1.04. The lowest BCUT2D eigenvalue weighted by molar-refractivity contribution is -0.156. The van der Waals surface area contributed by atoms with E-state index >= 15 is 0 Å². The Morgan fingerprint density at radius 1 is 1.33 bits per heavy atom. The molecule has 0 spiro atoms. The molecule has 0 saturated carbocycles. The van der Waals surface area contributed by atoms with Gasteiger partial charge in [0.05, 0.1) is 6.42 Å². The predicted molar refractivity (Wildman–Crippen MR) is 55.8 cm³/mol. The van der Waals surface area contributed by atoms with Gasteiger partial charge in [-0.05, 0) is 26.9 Å². The van der Waals surface area contributed by atoms with E-state index in [9.17, 15) is 9.59 Å². The van der Waals surface area contributed by atoms with Gasteiger partial charge in [0.25, 0.3) is 0 Å². The second-order valence-corrected chi connectivity index (χ2v) is 3.92. The zero-order valence-corrected chi connectivity index (χ0v) is 9.49. The smallest absolute Gasteiger partial charge is 0.324 e. The highest BCUT2D eigenvalue weighted by Gasteiger charge is 2.39. The Bertz CT molecular complexity index is 242. The third-order valence-corrected chi connectivity index (χ3v) is 2.65. The van der Waals surface area contributed by atoms with Gasteiger partial charge in [0.1, 0.15) is 5.54 Å². The van der Waals surface area contributed by atoms with Gasteiger partial charge in [-0.2, -0.15) is 0 Å². The standard InChI is InChI=1S/C10H19NO4/c1-4-5-6-11(3)10(2,9(14)15)7-8(12)13/h4-7H2,1-3H3,(H,12,13)(H,14,15)/t10-/m0/s1. The van der Waals surface area contributed by atoms with Crippen LogP contribution in [0.2, 0.25) is 0 Å². The molecule has 0 aliphatic heterocycles. The average Bonchev–Trinajstić information content (AvgIpc) is 2.12. The van der Waals surface area contributed by atoms with Crippen LogP contribution in [0.5, 0.6) is 0 Å². The summed E-state index contributed by atoms with van der Waals surface area (Å²) in [5, 5.41) is 17.7. The summed E-state index contributed by atoms with van der Waals surface area (Å²) in [6.45, 7) is 4.04. The fourth-order valence-electron chi connectivity index (χ4n) is 1.31. The van der Waals surface area contributed by atoms with Gasteiger partial charge in [0, 0.05) is 0 Å². The number of hydrogen-bond acceptors (Lipinski definition) is 3. The van der Waals surface area contributed by atoms with Crippen molar-refractivity contribution in [2.75, 3.05) is 13.6 Å². The molecule has 0 saturated heterocycles. The zero-order chi connectivity index (χ0) is 12.1. The molecule has 0 fully saturated rings. The SMILES string of the molecule is CCCCN(C)[C@@](C)(CC(=O)O)C(=O)O. The highest BCUT2D eigenvalue weighted by atomic mass is 16.4. The number of likely N-dealkylation sites (N-methyl/N-ethyl adjacent to an activating group) is 1. The molecule has 0 aromatic heterocycles. The second kappa shape index (κ2) is 5.70. The van der Waals surface area contributed by atoms with E-state index in [0.717, 1.165) is 12.8 Å². The third-order valence-electron chi connectivity index (χ3n) is 2.65. The van der Waals surface area contributed by atoms with Crippen LogP contribution in [0.1, 0.15) is 33.1 Å². The number of carbonyl (C=O) groups is 2. The summed E-state index contributed by atoms with van der Waals surface area (Å²) >= 11 is 0. The van der Waals surface area contributed by atoms with Crippen LogP contribution in [0.25, 0.3) is 0 Å². The van der Waals surface area contributed by atoms with Crippen molar-refractivity contribution in [1.29, 1.82) is 0 Å². The minimum Gasteiger partial charge on any atom is -0.481 e. The van der Waals surface area contributed by atoms with Crippen LogP contribution in [0.3, 0.4) is 0 Å². The number of aliphatic carboxylic acids is 2. The summed E-state index contributed by atoms with van der Waals surface area (Å²) in [4.78, 5) is 23.3. The van der Waals surface area contributed by atoms with Crippen molar-refractivity contribution in [3.63, 3.8) is 0 Å². The summed E-state index contributed by atoms with van der Waals surface area (Å²) < 4.78 is 0. The average molecular weight is 217 g/mol. The number of carboxylic acids is 2. The van der Waals surface area contributed by atoms with Crippen LogP contribution < -0.4 is 0 Å². The second-order valence-electron chi connectivity index (χ2n) is 3.92. The van der Waals surface area contributed by atoms with Gasteiger partial charge in [0.2, 0.25) is 0 Å². The maximum atomic E-state index is 11.1. The molecule has 5 heteroatoms. The summed E-state index contributed by atoms with van der Waals surface area (Å²) in [5.74, 6) is -2.19. The Morgan fingerprint density at radius 3 is 2.20 bits per heavy atom. The van der Waals surface area contributed by atoms with E-state index in [2.05, 4.69) is 0 Å². The Kier molecular flexibility index (Phi) is 5.28. The fourth-order valence-corrected chi connectivity index (χ4v) is 1.31. The van der Waals surface area contributed by atoms with Crippen LogP contribution in [0, 0.1) is 0 Å². The number of rotatable bonds is 7. The molecular formula is C10H19NO4. The summed E-state index contributed by atoms with van der Waals surface area (Å²) in [5.41, 5.74) is -1.32. The molecule has 15 heavy (non-hydrogen) atoms. The summed E-state index contributed by atoms with van der Waals surface area (Å²) in [7, 11) is 1.65. The lowest BCUT2D eigenvalue weighted by Crippen LogP contribution is -2.52. The quantitative estimate of drug-likeness (QED) is 0.666. The van der Waals surface area contributed by atoms with Crippen molar-refractivity contribution in [2.24, 2.45) is 0 Å². The highest BCUT2D eigenvalue weighted by Crippen LogP contribution is 2.19. The molecule has 1 atom stereocenters. The number of unbranched alkanes of at least 4 members (excludes halogenated alkanes) is 1. The van der Waals surface area contributed by atoms with E-state index in [0.29, 0.717) is 6.54 Å². The number of hydrogen-bond donors (Lipinski definition) is 2. The van der Waals surface area contributed by atoms with Gasteiger partial charge >= 0.3 is 11.9 Å². The van der Waals surface area contributed by atoms with Gasteiger partial charge < -0.3 is 10.2 Å². The van der Waals surface area contributed by atoms with Crippen LogP contribution >= 0.6 is 0 Å². The van der Waals surface area contributed by atoms with Crippen molar-refractivity contribution in [2.45, 2.75) is 38.6 Å². The molecular weight excluding hydrogens is 198 g/mol. The third kappa shape index (κ3) is 3.87. The van der Waals surface area contributed by atoms with Gasteiger partial charge in [-0.25, -0.2) is 0 Å². The molecule has 0 amide bonds. The molecule has 0 heterocycles. The molecule has 0 aliphatic carbocycles. The topological polar surface area (TPSA) is 77.8 Å². The first-order valence-corrected chi connectivity index (χ1v) is 5.01. The molecule has 5 nitrogen and oxygen atoms in total. The Morgan fingerprint density at radius 2 is 1.87 bits per heavy atom. The molecule has 88 valence electrons. The van der Waals surface area contributed by atoms with Crippen LogP contribution in [-0.2, 0) is 9.59 Å². The monoisotopic (exact) mass is 217 g/mol. The highest BCUT2D eigenvalue weighted by molar-refractivity contribution is 5.84. The first kappa shape index (κ1) is 13.9. The van der Waals surface area contributed by atoms with Crippen molar-refractivity contribution >= 4 is 11.9 Å². The van der Waals surface area contributed by atoms with E-state index in [1.807, 2.05) is 6.92 Å². The van der Waals surface area contributed by atoms with E-state index in [1.54, 1.807) is 11.9 Å². The fraction of sp³-hybridized carbons (Fsp3) is 0.800. The molecule has 0 aromatic rings. The van der Waals surface area contributed by atoms with Gasteiger partial charge in [0.15, 0.2) is 0 Å². The van der Waals surface area contributed by atoms with Gasteiger partial charge in [-0.15, -0.1) is 0 Å². The normalized spacial score (nSPS) is 14.9. The maximum Gasteiger partial charge on any atom is 0.324 e. The minimum atomic E-state index is -1.32. The number of nitrogens with zero attached hydrogens (tertiary/aromatic N) is 1. The van der Waals surface area contributed by atoms with Crippen molar-refractivity contribution in [3.05, 3.63) is 0 Å². The zero-order valence-electron chi connectivity index (χ0n) is 9.49. The lowest BCUT2D eigenvalue weighted by atomic mass is 9.96. The minimum absolute atomic E-state index is 0.386. The molecule has 0 aromatic carbocycles.